The molecule has 0 saturated carbocycles. The molecule has 0 aromatic carbocycles. The van der Waals surface area contributed by atoms with Crippen molar-refractivity contribution in [2.24, 2.45) is 0 Å². The van der Waals surface area contributed by atoms with E-state index >= 15 is 0 Å². The summed E-state index contributed by atoms with van der Waals surface area (Å²) >= 11 is 0. The molecule has 0 N–H and O–H groups in total. The quantitative estimate of drug-likeness (QED) is 0.0115. The number of nitrogens with zero attached hydrogens (tertiary/aromatic N) is 1. The van der Waals surface area contributed by atoms with E-state index < -0.39 is 32.5 Å². The van der Waals surface area contributed by atoms with Crippen molar-refractivity contribution in [1.29, 1.82) is 0 Å². The van der Waals surface area contributed by atoms with Gasteiger partial charge in [-0.25, -0.2) is 0 Å². The van der Waals surface area contributed by atoms with Crippen molar-refractivity contribution in [2.75, 3.05) is 47.5 Å². The van der Waals surface area contributed by atoms with Gasteiger partial charge in [0, 0.05) is 19.3 Å². The van der Waals surface area contributed by atoms with E-state index in [0.717, 1.165) is 70.6 Å². The van der Waals surface area contributed by atoms with Crippen molar-refractivity contribution in [3.8, 4) is 0 Å². The Hall–Kier alpha value is -3.40. The smallest absolute Gasteiger partial charge is 0.306 e. The second kappa shape index (κ2) is 36.9. The third kappa shape index (κ3) is 40.6. The number of carbonyl (C=O) groups is 3. The van der Waals surface area contributed by atoms with Crippen LogP contribution in [0.2, 0.25) is 0 Å². The summed E-state index contributed by atoms with van der Waals surface area (Å²) in [6.45, 7) is 3.78. The van der Waals surface area contributed by atoms with E-state index in [1.165, 1.54) is 0 Å². The Balaban J connectivity index is 4.62. The van der Waals surface area contributed by atoms with Gasteiger partial charge in [-0.05, 0) is 83.1 Å². The standard InChI is InChI=1S/C46H74NO9P/c1-6-8-10-11-12-13-14-15-16-17-20-24-27-30-34-38-46(50)56-44(42-55-57(51,52)54-40-39-47(3,4)5)41-53-45(49)37-33-29-26-23-21-18-19-22-25-28-32-36-43(48)35-31-9-7-2/h8,10,12-13,15-16,18-20,23-26,28,32,36,44H,6-7,9,11,14,17,21-22,27,29-31,33-35,37-42H2,1-5H3/b10-8-,13-12-,16-15-,19-18-,24-20-,26-23-,28-25-,36-32+/t44-/m1/s1. The lowest BCUT2D eigenvalue weighted by Gasteiger charge is -2.28. The molecular formula is C46H74NO9P. The first kappa shape index (κ1) is 53.6. The Morgan fingerprint density at radius 2 is 1.16 bits per heavy atom. The van der Waals surface area contributed by atoms with Crippen LogP contribution < -0.4 is 4.89 Å². The Morgan fingerprint density at radius 3 is 1.75 bits per heavy atom. The third-order valence-corrected chi connectivity index (χ3v) is 9.03. The Bertz CT molecular complexity index is 1350. The fourth-order valence-corrected chi connectivity index (χ4v) is 5.50. The maximum atomic E-state index is 12.6. The van der Waals surface area contributed by atoms with E-state index in [4.69, 9.17) is 18.5 Å². The van der Waals surface area contributed by atoms with E-state index in [1.807, 2.05) is 45.4 Å². The lowest BCUT2D eigenvalue weighted by atomic mass is 10.1. The zero-order chi connectivity index (χ0) is 42.3. The van der Waals surface area contributed by atoms with Gasteiger partial charge in [0.05, 0.1) is 27.7 Å². The number of ether oxygens (including phenoxy) is 2. The molecule has 0 saturated heterocycles. The number of esters is 2. The maximum absolute atomic E-state index is 12.6. The number of likely N-dealkylation sites (N-methyl/N-ethyl adjacent to an activating group) is 1. The molecule has 10 nitrogen and oxygen atoms in total. The first-order chi connectivity index (χ1) is 27.4. The van der Waals surface area contributed by atoms with Gasteiger partial charge >= 0.3 is 11.9 Å². The van der Waals surface area contributed by atoms with Gasteiger partial charge in [-0.1, -0.05) is 118 Å². The van der Waals surface area contributed by atoms with Crippen LogP contribution in [0.25, 0.3) is 0 Å². The molecule has 0 aromatic heterocycles. The average Bonchev–Trinajstić information content (AvgIpc) is 3.15. The number of hydrogen-bond acceptors (Lipinski definition) is 9. The SMILES string of the molecule is CC/C=C\C/C=C\C/C=C\C/C=C\CCCCC(=O)O[C@H](COC(=O)CCC/C=C\C/C=C\C/C=C\C=C\C(=O)CCCCC)COP(=O)([O-])OCC[N+](C)(C)C. The van der Waals surface area contributed by atoms with Crippen molar-refractivity contribution in [3.63, 3.8) is 0 Å². The zero-order valence-electron chi connectivity index (χ0n) is 35.7. The summed E-state index contributed by atoms with van der Waals surface area (Å²) in [4.78, 5) is 49.2. The summed E-state index contributed by atoms with van der Waals surface area (Å²) in [5, 5.41) is 0. The molecule has 322 valence electrons. The number of ketones is 1. The van der Waals surface area contributed by atoms with Gasteiger partial charge in [0.1, 0.15) is 19.8 Å². The molecule has 0 aliphatic rings. The first-order valence-corrected chi connectivity index (χ1v) is 22.4. The monoisotopic (exact) mass is 816 g/mol. The summed E-state index contributed by atoms with van der Waals surface area (Å²) in [6, 6.07) is 0. The predicted molar refractivity (Wildman–Crippen MR) is 231 cm³/mol. The molecule has 11 heteroatoms. The second-order valence-corrected chi connectivity index (χ2v) is 16.1. The van der Waals surface area contributed by atoms with Crippen LogP contribution in [0.4, 0.5) is 0 Å². The minimum Gasteiger partial charge on any atom is -0.756 e. The summed E-state index contributed by atoms with van der Waals surface area (Å²) < 4.78 is 33.7. The molecule has 0 spiro atoms. The van der Waals surface area contributed by atoms with Crippen LogP contribution in [-0.4, -0.2) is 75.8 Å². The highest BCUT2D eigenvalue weighted by Crippen LogP contribution is 2.38. The van der Waals surface area contributed by atoms with Gasteiger partial charge in [-0.2, -0.15) is 0 Å². The van der Waals surface area contributed by atoms with Gasteiger partial charge in [-0.15, -0.1) is 0 Å². The van der Waals surface area contributed by atoms with Crippen molar-refractivity contribution in [1.82, 2.24) is 0 Å². The van der Waals surface area contributed by atoms with Crippen molar-refractivity contribution >= 4 is 25.5 Å². The molecule has 0 aliphatic carbocycles. The molecule has 0 heterocycles. The van der Waals surface area contributed by atoms with Gasteiger partial charge in [0.25, 0.3) is 7.82 Å². The number of carbonyl (C=O) groups excluding carboxylic acids is 3. The van der Waals surface area contributed by atoms with Crippen molar-refractivity contribution < 1.29 is 46.8 Å². The van der Waals surface area contributed by atoms with E-state index in [9.17, 15) is 23.8 Å². The molecule has 0 rings (SSSR count). The van der Waals surface area contributed by atoms with Gasteiger partial charge in [-0.3, -0.25) is 18.9 Å². The van der Waals surface area contributed by atoms with Gasteiger partial charge < -0.3 is 27.9 Å². The first-order valence-electron chi connectivity index (χ1n) is 20.9. The molecule has 1 unspecified atom stereocenters. The van der Waals surface area contributed by atoms with E-state index in [1.54, 1.807) is 12.2 Å². The highest BCUT2D eigenvalue weighted by molar-refractivity contribution is 7.45. The minimum absolute atomic E-state index is 0.0632. The lowest BCUT2D eigenvalue weighted by Crippen LogP contribution is -2.37. The number of rotatable bonds is 36. The van der Waals surface area contributed by atoms with Crippen LogP contribution in [0, 0.1) is 0 Å². The Morgan fingerprint density at radius 1 is 0.614 bits per heavy atom. The second-order valence-electron chi connectivity index (χ2n) is 14.6. The molecular weight excluding hydrogens is 741 g/mol. The van der Waals surface area contributed by atoms with Crippen LogP contribution in [0.15, 0.2) is 97.2 Å². The van der Waals surface area contributed by atoms with Crippen LogP contribution in [0.5, 0.6) is 0 Å². The van der Waals surface area contributed by atoms with Crippen LogP contribution in [-0.2, 0) is 37.5 Å². The Labute approximate surface area is 345 Å². The lowest BCUT2D eigenvalue weighted by molar-refractivity contribution is -0.870. The highest BCUT2D eigenvalue weighted by atomic mass is 31.2. The summed E-state index contributed by atoms with van der Waals surface area (Å²) in [5.74, 6) is -0.832. The number of hydrogen-bond donors (Lipinski definition) is 0. The number of phosphoric acid groups is 1. The van der Waals surface area contributed by atoms with Crippen molar-refractivity contribution in [2.45, 2.75) is 129 Å². The van der Waals surface area contributed by atoms with E-state index in [0.29, 0.717) is 36.7 Å². The molecule has 0 bridgehead atoms. The van der Waals surface area contributed by atoms with Crippen LogP contribution in [0.1, 0.15) is 123 Å². The molecule has 57 heavy (non-hydrogen) atoms. The molecule has 0 fully saturated rings. The third-order valence-electron chi connectivity index (χ3n) is 8.06. The number of unbranched alkanes of at least 4 members (excludes halogenated alkanes) is 5. The van der Waals surface area contributed by atoms with Crippen LogP contribution >= 0.6 is 7.82 Å². The molecule has 0 aromatic rings. The predicted octanol–water partition coefficient (Wildman–Crippen LogP) is 10.3. The van der Waals surface area contributed by atoms with Crippen LogP contribution in [0.3, 0.4) is 0 Å². The molecule has 0 aliphatic heterocycles. The minimum atomic E-state index is -4.67. The molecule has 0 radical (unpaired) electrons. The Kier molecular flexibility index (Phi) is 34.7. The average molecular weight is 816 g/mol. The largest absolute Gasteiger partial charge is 0.756 e. The topological polar surface area (TPSA) is 128 Å². The fraction of sp³-hybridized carbons (Fsp3) is 0.587. The summed E-state index contributed by atoms with van der Waals surface area (Å²) in [7, 11) is 1.05. The normalized spacial score (nSPS) is 14.5. The van der Waals surface area contributed by atoms with Crippen molar-refractivity contribution in [3.05, 3.63) is 97.2 Å². The molecule has 2 atom stereocenters. The maximum Gasteiger partial charge on any atom is 0.306 e. The number of allylic oxidation sites excluding steroid dienone is 16. The fourth-order valence-electron chi connectivity index (χ4n) is 4.77. The van der Waals surface area contributed by atoms with E-state index in [2.05, 4.69) is 74.6 Å². The molecule has 0 amide bonds. The van der Waals surface area contributed by atoms with E-state index in [-0.39, 0.29) is 31.8 Å². The zero-order valence-corrected chi connectivity index (χ0v) is 36.6. The van der Waals surface area contributed by atoms with Gasteiger partial charge in [0.15, 0.2) is 11.9 Å². The highest BCUT2D eigenvalue weighted by Gasteiger charge is 2.21. The number of quaternary nitrogens is 1. The van der Waals surface area contributed by atoms with Gasteiger partial charge in [0.2, 0.25) is 0 Å². The summed E-state index contributed by atoms with van der Waals surface area (Å²) in [6.07, 6.45) is 44.3. The summed E-state index contributed by atoms with van der Waals surface area (Å²) in [5.41, 5.74) is 0. The number of phosphoric ester groups is 1.